The Kier molecular flexibility index (Phi) is 5.08. The SMILES string of the molecule is Cc1ccc(NC(=O)COC(=O)c2oc3ccc(F)cc3c2C)c([N+](=O)[O-])c1. The minimum atomic E-state index is -0.900. The first-order valence-corrected chi connectivity index (χ1v) is 8.17. The topological polar surface area (TPSA) is 112 Å². The minimum Gasteiger partial charge on any atom is -0.450 e. The number of rotatable bonds is 5. The molecule has 3 rings (SSSR count). The van der Waals surface area contributed by atoms with E-state index in [9.17, 15) is 24.1 Å². The number of nitro groups is 1. The molecule has 0 atom stereocenters. The van der Waals surface area contributed by atoms with E-state index in [0.29, 0.717) is 22.1 Å². The lowest BCUT2D eigenvalue weighted by molar-refractivity contribution is -0.384. The number of furan rings is 1. The molecular formula is C19H15FN2O6. The summed E-state index contributed by atoms with van der Waals surface area (Å²) in [4.78, 5) is 34.7. The van der Waals surface area contributed by atoms with Gasteiger partial charge in [0.1, 0.15) is 17.1 Å². The van der Waals surface area contributed by atoms with Gasteiger partial charge in [0.25, 0.3) is 11.6 Å². The van der Waals surface area contributed by atoms with Crippen LogP contribution in [0.15, 0.2) is 40.8 Å². The summed E-state index contributed by atoms with van der Waals surface area (Å²) in [5.41, 5.74) is 1.08. The van der Waals surface area contributed by atoms with Crippen LogP contribution in [0, 0.1) is 29.8 Å². The largest absolute Gasteiger partial charge is 0.450 e. The Labute approximate surface area is 158 Å². The van der Waals surface area contributed by atoms with Crippen LogP contribution in [0.25, 0.3) is 11.0 Å². The molecule has 2 aromatic carbocycles. The highest BCUT2D eigenvalue weighted by Gasteiger charge is 2.21. The lowest BCUT2D eigenvalue weighted by Crippen LogP contribution is -2.21. The smallest absolute Gasteiger partial charge is 0.375 e. The normalized spacial score (nSPS) is 10.7. The van der Waals surface area contributed by atoms with E-state index in [-0.39, 0.29) is 17.1 Å². The molecule has 0 spiro atoms. The van der Waals surface area contributed by atoms with Crippen molar-refractivity contribution >= 4 is 34.2 Å². The van der Waals surface area contributed by atoms with Crippen molar-refractivity contribution in [3.63, 3.8) is 0 Å². The summed E-state index contributed by atoms with van der Waals surface area (Å²) in [6, 6.07) is 8.13. The molecular weight excluding hydrogens is 371 g/mol. The maximum Gasteiger partial charge on any atom is 0.375 e. The second kappa shape index (κ2) is 7.47. The number of esters is 1. The monoisotopic (exact) mass is 386 g/mol. The number of aryl methyl sites for hydroxylation is 2. The Balaban J connectivity index is 1.69. The summed E-state index contributed by atoms with van der Waals surface area (Å²) < 4.78 is 23.6. The predicted octanol–water partition coefficient (Wildman–Crippen LogP) is 3.89. The zero-order valence-electron chi connectivity index (χ0n) is 14.9. The van der Waals surface area contributed by atoms with E-state index in [2.05, 4.69) is 5.32 Å². The molecule has 144 valence electrons. The Morgan fingerprint density at radius 2 is 1.96 bits per heavy atom. The third kappa shape index (κ3) is 3.83. The number of nitro benzene ring substituents is 1. The predicted molar refractivity (Wildman–Crippen MR) is 97.7 cm³/mol. The summed E-state index contributed by atoms with van der Waals surface area (Å²) in [5.74, 6) is -2.27. The van der Waals surface area contributed by atoms with Crippen LogP contribution in [0.2, 0.25) is 0 Å². The standard InChI is InChI=1S/C19H15FN2O6/c1-10-3-5-14(15(7-10)22(25)26)21-17(23)9-27-19(24)18-11(2)13-8-12(20)4-6-16(13)28-18/h3-8H,9H2,1-2H3,(H,21,23). The summed E-state index contributed by atoms with van der Waals surface area (Å²) in [6.45, 7) is 2.58. The molecule has 0 fully saturated rings. The molecule has 0 unspecified atom stereocenters. The Morgan fingerprint density at radius 3 is 2.68 bits per heavy atom. The van der Waals surface area contributed by atoms with Gasteiger partial charge < -0.3 is 14.5 Å². The number of hydrogen-bond acceptors (Lipinski definition) is 6. The van der Waals surface area contributed by atoms with Gasteiger partial charge in [-0.3, -0.25) is 14.9 Å². The molecule has 0 aliphatic carbocycles. The van der Waals surface area contributed by atoms with Crippen molar-refractivity contribution < 1.29 is 28.1 Å². The van der Waals surface area contributed by atoms with Crippen LogP contribution in [0.1, 0.15) is 21.7 Å². The van der Waals surface area contributed by atoms with Crippen molar-refractivity contribution in [3.8, 4) is 0 Å². The van der Waals surface area contributed by atoms with Gasteiger partial charge in [0.05, 0.1) is 4.92 Å². The van der Waals surface area contributed by atoms with E-state index in [1.807, 2.05) is 0 Å². The number of nitrogens with one attached hydrogen (secondary N) is 1. The van der Waals surface area contributed by atoms with Gasteiger partial charge in [0.15, 0.2) is 6.61 Å². The number of hydrogen-bond donors (Lipinski definition) is 1. The maximum absolute atomic E-state index is 13.3. The fourth-order valence-electron chi connectivity index (χ4n) is 2.67. The van der Waals surface area contributed by atoms with Crippen molar-refractivity contribution in [2.45, 2.75) is 13.8 Å². The zero-order valence-corrected chi connectivity index (χ0v) is 14.9. The summed E-state index contributed by atoms with van der Waals surface area (Å²) >= 11 is 0. The first-order chi connectivity index (χ1) is 13.3. The minimum absolute atomic E-state index is 0.00737. The Morgan fingerprint density at radius 1 is 1.21 bits per heavy atom. The van der Waals surface area contributed by atoms with Crippen LogP contribution in [-0.4, -0.2) is 23.4 Å². The molecule has 8 nitrogen and oxygen atoms in total. The second-order valence-corrected chi connectivity index (χ2v) is 6.10. The number of halogens is 1. The number of nitrogens with zero attached hydrogens (tertiary/aromatic N) is 1. The molecule has 1 N–H and O–H groups in total. The van der Waals surface area contributed by atoms with Crippen molar-refractivity contribution in [1.82, 2.24) is 0 Å². The molecule has 0 aliphatic rings. The van der Waals surface area contributed by atoms with Gasteiger partial charge in [-0.15, -0.1) is 0 Å². The van der Waals surface area contributed by atoms with E-state index in [1.165, 1.54) is 30.3 Å². The van der Waals surface area contributed by atoms with Crippen LogP contribution in [0.4, 0.5) is 15.8 Å². The number of benzene rings is 2. The first kappa shape index (κ1) is 19.0. The van der Waals surface area contributed by atoms with Gasteiger partial charge in [-0.2, -0.15) is 0 Å². The Bertz CT molecular complexity index is 1110. The molecule has 1 aromatic heterocycles. The second-order valence-electron chi connectivity index (χ2n) is 6.10. The number of carbonyl (C=O) groups is 2. The summed E-state index contributed by atoms with van der Waals surface area (Å²) in [7, 11) is 0. The molecule has 0 saturated heterocycles. The molecule has 0 saturated carbocycles. The van der Waals surface area contributed by atoms with E-state index < -0.39 is 29.2 Å². The van der Waals surface area contributed by atoms with Crippen molar-refractivity contribution in [2.75, 3.05) is 11.9 Å². The van der Waals surface area contributed by atoms with Gasteiger partial charge in [0, 0.05) is 17.0 Å². The first-order valence-electron chi connectivity index (χ1n) is 8.17. The van der Waals surface area contributed by atoms with Crippen molar-refractivity contribution in [3.05, 3.63) is 69.2 Å². The molecule has 9 heteroatoms. The van der Waals surface area contributed by atoms with Crippen molar-refractivity contribution in [2.24, 2.45) is 0 Å². The van der Waals surface area contributed by atoms with E-state index in [1.54, 1.807) is 19.9 Å². The highest BCUT2D eigenvalue weighted by atomic mass is 19.1. The number of ether oxygens (including phenoxy) is 1. The van der Waals surface area contributed by atoms with Gasteiger partial charge in [-0.05, 0) is 43.7 Å². The molecule has 0 bridgehead atoms. The Hall–Kier alpha value is -3.75. The van der Waals surface area contributed by atoms with Gasteiger partial charge >= 0.3 is 5.97 Å². The summed E-state index contributed by atoms with van der Waals surface area (Å²) in [6.07, 6.45) is 0. The van der Waals surface area contributed by atoms with E-state index >= 15 is 0 Å². The number of amides is 1. The molecule has 28 heavy (non-hydrogen) atoms. The van der Waals surface area contributed by atoms with Gasteiger partial charge in [0.2, 0.25) is 5.76 Å². The molecule has 3 aromatic rings. The number of fused-ring (bicyclic) bond motifs is 1. The van der Waals surface area contributed by atoms with Crippen LogP contribution in [-0.2, 0) is 9.53 Å². The average Bonchev–Trinajstić information content (AvgIpc) is 2.97. The highest BCUT2D eigenvalue weighted by molar-refractivity contribution is 5.99. The quantitative estimate of drug-likeness (QED) is 0.404. The van der Waals surface area contributed by atoms with Crippen LogP contribution >= 0.6 is 0 Å². The lowest BCUT2D eigenvalue weighted by atomic mass is 10.1. The van der Waals surface area contributed by atoms with Crippen LogP contribution in [0.3, 0.4) is 0 Å². The van der Waals surface area contributed by atoms with Gasteiger partial charge in [-0.1, -0.05) is 6.07 Å². The third-order valence-electron chi connectivity index (χ3n) is 4.04. The molecule has 1 heterocycles. The molecule has 0 aliphatic heterocycles. The molecule has 1 amide bonds. The van der Waals surface area contributed by atoms with Crippen LogP contribution in [0.5, 0.6) is 0 Å². The van der Waals surface area contributed by atoms with E-state index in [0.717, 1.165) is 0 Å². The number of anilines is 1. The summed E-state index contributed by atoms with van der Waals surface area (Å²) in [5, 5.41) is 13.8. The fourth-order valence-corrected chi connectivity index (χ4v) is 2.67. The zero-order chi connectivity index (χ0) is 20.4. The number of carbonyl (C=O) groups excluding carboxylic acids is 2. The van der Waals surface area contributed by atoms with Gasteiger partial charge in [-0.25, -0.2) is 9.18 Å². The van der Waals surface area contributed by atoms with Crippen LogP contribution < -0.4 is 5.32 Å². The molecule has 0 radical (unpaired) electrons. The maximum atomic E-state index is 13.3. The van der Waals surface area contributed by atoms with E-state index in [4.69, 9.17) is 9.15 Å². The lowest BCUT2D eigenvalue weighted by Gasteiger charge is -2.07. The highest BCUT2D eigenvalue weighted by Crippen LogP contribution is 2.27. The third-order valence-corrected chi connectivity index (χ3v) is 4.04. The van der Waals surface area contributed by atoms with Crippen molar-refractivity contribution in [1.29, 1.82) is 0 Å². The fraction of sp³-hybridized carbons (Fsp3) is 0.158. The average molecular weight is 386 g/mol.